The van der Waals surface area contributed by atoms with Gasteiger partial charge < -0.3 is 9.80 Å². The van der Waals surface area contributed by atoms with E-state index in [-0.39, 0.29) is 0 Å². The van der Waals surface area contributed by atoms with Crippen molar-refractivity contribution >= 4 is 11.5 Å². The first-order valence-electron chi connectivity index (χ1n) is 16.7. The monoisotopic (exact) mass is 614 g/mol. The molecule has 0 radical (unpaired) electrons. The smallest absolute Gasteiger partial charge is 0.154 e. The summed E-state index contributed by atoms with van der Waals surface area (Å²) in [6.45, 7) is 9.43. The van der Waals surface area contributed by atoms with Crippen LogP contribution in [-0.4, -0.2) is 35.9 Å². The number of aromatic nitrogens is 2. The van der Waals surface area contributed by atoms with Crippen molar-refractivity contribution in [1.82, 2.24) is 10.2 Å². The number of rotatable bonds is 8. The maximum atomic E-state index is 4.77. The highest BCUT2D eigenvalue weighted by molar-refractivity contribution is 5.62. The molecule has 0 unspecified atom stereocenters. The predicted molar refractivity (Wildman–Crippen MR) is 195 cm³/mol. The lowest BCUT2D eigenvalue weighted by molar-refractivity contribution is 0.544. The van der Waals surface area contributed by atoms with Crippen LogP contribution in [0, 0.1) is 13.8 Å². The molecule has 1 fully saturated rings. The molecule has 0 aliphatic carbocycles. The van der Waals surface area contributed by atoms with Crippen LogP contribution in [0.1, 0.15) is 51.6 Å². The van der Waals surface area contributed by atoms with Gasteiger partial charge in [-0.25, -0.2) is 0 Å². The van der Waals surface area contributed by atoms with E-state index in [1.807, 2.05) is 0 Å². The van der Waals surface area contributed by atoms with Crippen molar-refractivity contribution < 1.29 is 0 Å². The van der Waals surface area contributed by atoms with Gasteiger partial charge in [0.1, 0.15) is 0 Å². The molecule has 0 N–H and O–H groups in total. The average molecular weight is 615 g/mol. The molecule has 7 rings (SSSR count). The fourth-order valence-electron chi connectivity index (χ4n) is 7.40. The van der Waals surface area contributed by atoms with E-state index in [4.69, 9.17) is 10.2 Å². The molecule has 234 valence electrons. The Balaban J connectivity index is 1.16. The van der Waals surface area contributed by atoms with Crippen LogP contribution in [0.25, 0.3) is 0 Å². The number of piperazine rings is 1. The van der Waals surface area contributed by atoms with Crippen LogP contribution in [0.2, 0.25) is 0 Å². The van der Waals surface area contributed by atoms with Gasteiger partial charge >= 0.3 is 0 Å². The minimum Gasteiger partial charge on any atom is -0.365 e. The van der Waals surface area contributed by atoms with Crippen LogP contribution in [0.3, 0.4) is 0 Å². The maximum absolute atomic E-state index is 4.77. The SMILES string of the molecule is Cc1c(Cc2ccccc2)nnc(N2CCN(c3ccc(C(c4ccccc4)(c4ccccc4)c4ccccc4)cc3)[C@H](C)C2)c1C. The topological polar surface area (TPSA) is 32.3 Å². The van der Waals surface area contributed by atoms with Crippen molar-refractivity contribution in [1.29, 1.82) is 0 Å². The van der Waals surface area contributed by atoms with E-state index < -0.39 is 5.41 Å². The third-order valence-electron chi connectivity index (χ3n) is 9.99. The van der Waals surface area contributed by atoms with Gasteiger partial charge in [0.2, 0.25) is 0 Å². The lowest BCUT2D eigenvalue weighted by atomic mass is 9.65. The molecule has 5 aromatic carbocycles. The Labute approximate surface area is 279 Å². The molecule has 1 aliphatic rings. The molecule has 6 aromatic rings. The molecule has 2 heterocycles. The molecule has 0 bridgehead atoms. The number of anilines is 2. The molecule has 4 nitrogen and oxygen atoms in total. The van der Waals surface area contributed by atoms with Crippen LogP contribution in [0.5, 0.6) is 0 Å². The van der Waals surface area contributed by atoms with E-state index in [9.17, 15) is 0 Å². The second kappa shape index (κ2) is 13.3. The summed E-state index contributed by atoms with van der Waals surface area (Å²) in [6.07, 6.45) is 0.807. The Morgan fingerprint density at radius 2 is 1.06 bits per heavy atom. The highest BCUT2D eigenvalue weighted by Crippen LogP contribution is 2.45. The third kappa shape index (κ3) is 5.81. The molecular formula is C43H42N4. The van der Waals surface area contributed by atoms with Crippen LogP contribution < -0.4 is 9.80 Å². The number of hydrogen-bond acceptors (Lipinski definition) is 4. The van der Waals surface area contributed by atoms with Crippen LogP contribution in [-0.2, 0) is 11.8 Å². The first kappa shape index (κ1) is 30.4. The average Bonchev–Trinajstić information content (AvgIpc) is 3.13. The van der Waals surface area contributed by atoms with Gasteiger partial charge in [0, 0.05) is 37.8 Å². The number of nitrogens with zero attached hydrogens (tertiary/aromatic N) is 4. The minimum absolute atomic E-state index is 0.322. The third-order valence-corrected chi connectivity index (χ3v) is 9.99. The van der Waals surface area contributed by atoms with Crippen LogP contribution >= 0.6 is 0 Å². The highest BCUT2D eigenvalue weighted by Gasteiger charge is 2.38. The van der Waals surface area contributed by atoms with E-state index in [0.717, 1.165) is 37.6 Å². The Morgan fingerprint density at radius 3 is 1.57 bits per heavy atom. The lowest BCUT2D eigenvalue weighted by Crippen LogP contribution is -2.52. The molecule has 1 saturated heterocycles. The summed E-state index contributed by atoms with van der Waals surface area (Å²) in [6, 6.07) is 52.9. The fraction of sp³-hybridized carbons (Fsp3) is 0.209. The number of benzene rings is 5. The summed E-state index contributed by atoms with van der Waals surface area (Å²) in [5.74, 6) is 1.01. The van der Waals surface area contributed by atoms with Crippen LogP contribution in [0.15, 0.2) is 146 Å². The van der Waals surface area contributed by atoms with E-state index in [1.54, 1.807) is 0 Å². The zero-order valence-electron chi connectivity index (χ0n) is 27.6. The molecule has 0 amide bonds. The highest BCUT2D eigenvalue weighted by atomic mass is 15.3. The summed E-state index contributed by atoms with van der Waals surface area (Å²) < 4.78 is 0. The summed E-state index contributed by atoms with van der Waals surface area (Å²) in [5, 5.41) is 9.49. The fourth-order valence-corrected chi connectivity index (χ4v) is 7.40. The quantitative estimate of drug-likeness (QED) is 0.161. The standard InChI is InChI=1S/C43H42N4/c1-32-31-46(42-34(3)33(2)41(44-45-42)30-35-16-8-4-9-17-35)28-29-47(32)40-26-24-39(25-27-40)43(36-18-10-5-11-19-36,37-20-12-6-13-21-37)38-22-14-7-15-23-38/h4-27,32H,28-31H2,1-3H3/t32-/m1/s1. The first-order chi connectivity index (χ1) is 23.1. The maximum Gasteiger partial charge on any atom is 0.154 e. The predicted octanol–water partition coefficient (Wildman–Crippen LogP) is 8.78. The van der Waals surface area contributed by atoms with Crippen molar-refractivity contribution in [3.63, 3.8) is 0 Å². The summed E-state index contributed by atoms with van der Waals surface area (Å²) in [4.78, 5) is 4.96. The van der Waals surface area contributed by atoms with Gasteiger partial charge in [-0.15, -0.1) is 5.10 Å². The van der Waals surface area contributed by atoms with E-state index in [0.29, 0.717) is 6.04 Å². The van der Waals surface area contributed by atoms with Gasteiger partial charge in [0.25, 0.3) is 0 Å². The molecule has 47 heavy (non-hydrogen) atoms. The van der Waals surface area contributed by atoms with Crippen molar-refractivity contribution in [2.75, 3.05) is 29.4 Å². The Kier molecular flexibility index (Phi) is 8.58. The van der Waals surface area contributed by atoms with E-state index in [1.165, 1.54) is 44.6 Å². The molecule has 1 atom stereocenters. The molecule has 4 heteroatoms. The summed E-state index contributed by atoms with van der Waals surface area (Å²) in [5.41, 5.74) is 10.6. The van der Waals surface area contributed by atoms with Gasteiger partial charge in [-0.1, -0.05) is 133 Å². The molecule has 1 aromatic heterocycles. The first-order valence-corrected chi connectivity index (χ1v) is 16.7. The number of hydrogen-bond donors (Lipinski definition) is 0. The second-order valence-corrected chi connectivity index (χ2v) is 12.8. The Bertz CT molecular complexity index is 1810. The van der Waals surface area contributed by atoms with Gasteiger partial charge in [-0.05, 0) is 71.8 Å². The normalized spacial score (nSPS) is 15.1. The summed E-state index contributed by atoms with van der Waals surface area (Å²) in [7, 11) is 0. The molecule has 0 spiro atoms. The van der Waals surface area contributed by atoms with Crippen molar-refractivity contribution in [3.8, 4) is 0 Å². The zero-order valence-corrected chi connectivity index (χ0v) is 27.6. The molecule has 1 aliphatic heterocycles. The van der Waals surface area contributed by atoms with Gasteiger partial charge in [0.05, 0.1) is 11.1 Å². The van der Waals surface area contributed by atoms with Gasteiger partial charge in [-0.2, -0.15) is 5.10 Å². The lowest BCUT2D eigenvalue weighted by Gasteiger charge is -2.42. The molecule has 0 saturated carbocycles. The Hall–Kier alpha value is -5.22. The van der Waals surface area contributed by atoms with E-state index >= 15 is 0 Å². The molecular weight excluding hydrogens is 573 g/mol. The largest absolute Gasteiger partial charge is 0.365 e. The van der Waals surface area contributed by atoms with Crippen molar-refractivity contribution in [3.05, 3.63) is 190 Å². The zero-order chi connectivity index (χ0) is 32.2. The second-order valence-electron chi connectivity index (χ2n) is 12.8. The summed E-state index contributed by atoms with van der Waals surface area (Å²) >= 11 is 0. The van der Waals surface area contributed by atoms with Crippen LogP contribution in [0.4, 0.5) is 11.5 Å². The minimum atomic E-state index is -0.437. The van der Waals surface area contributed by atoms with Crippen molar-refractivity contribution in [2.24, 2.45) is 0 Å². The Morgan fingerprint density at radius 1 is 0.574 bits per heavy atom. The van der Waals surface area contributed by atoms with Crippen molar-refractivity contribution in [2.45, 2.75) is 38.6 Å². The van der Waals surface area contributed by atoms with Gasteiger partial charge in [-0.3, -0.25) is 0 Å². The van der Waals surface area contributed by atoms with Gasteiger partial charge in [0.15, 0.2) is 5.82 Å². The van der Waals surface area contributed by atoms with E-state index in [2.05, 4.69) is 176 Å².